The third kappa shape index (κ3) is 15.0. The third-order valence-electron chi connectivity index (χ3n) is 28.5. The molecule has 0 saturated carbocycles. The van der Waals surface area contributed by atoms with Crippen molar-refractivity contribution in [2.45, 2.75) is 94.4 Å². The van der Waals surface area contributed by atoms with Gasteiger partial charge in [0.1, 0.15) is 12.1 Å². The van der Waals surface area contributed by atoms with Gasteiger partial charge in [-0.1, -0.05) is 229 Å². The molecule has 0 spiro atoms. The number of fused-ring (bicyclic) bond motifs is 12. The van der Waals surface area contributed by atoms with Gasteiger partial charge in [-0.15, -0.1) is 0 Å². The van der Waals surface area contributed by atoms with Gasteiger partial charge < -0.3 is 18.3 Å². The fraction of sp³-hybridized carbons (Fsp3) is 0.111. The van der Waals surface area contributed by atoms with Crippen LogP contribution in [0.1, 0.15) is 100 Å². The summed E-state index contributed by atoms with van der Waals surface area (Å²) in [7, 11) is 0. The summed E-state index contributed by atoms with van der Waals surface area (Å²) in [5.74, 6) is 0. The van der Waals surface area contributed by atoms with Crippen LogP contribution in [-0.4, -0.2) is 18.3 Å². The van der Waals surface area contributed by atoms with Gasteiger partial charge in [0.05, 0.1) is 112 Å². The summed E-state index contributed by atoms with van der Waals surface area (Å²) in [5, 5.41) is 53.1. The number of nitrogens with zero attached hydrogens (tertiary/aromatic N) is 8. The van der Waals surface area contributed by atoms with E-state index in [0.717, 1.165) is 258 Å². The molecule has 0 radical (unpaired) electrons. The second kappa shape index (κ2) is 33.9. The lowest BCUT2D eigenvalue weighted by atomic mass is 9.93. The molecule has 0 bridgehead atoms. The average Bonchev–Trinajstić information content (AvgIpc) is 1.56. The van der Waals surface area contributed by atoms with E-state index in [9.17, 15) is 47.4 Å². The van der Waals surface area contributed by atoms with Crippen molar-refractivity contribution in [1.82, 2.24) is 18.3 Å². The molecule has 0 aliphatic carbocycles. The highest BCUT2D eigenvalue weighted by Gasteiger charge is 2.35. The van der Waals surface area contributed by atoms with Crippen LogP contribution in [0.2, 0.25) is 0 Å². The summed E-state index contributed by atoms with van der Waals surface area (Å²) in [6.07, 6.45) is -8.01. The van der Waals surface area contributed by atoms with Crippen LogP contribution in [0.25, 0.3) is 199 Å². The SMILES string of the molecule is Cc1ccc(-c2ccc3c(c2)c2cc(-c4ccc(CCc5ccc(-c6ccc7c8ccccc8n(-c8cc(-c9ccc(C(F)(F)F)cc9C#N)c(-n9c%10ccccc%10c%10ccc(-c%11ccc(C)cc%11C)cc%109)cc8C#N)c7c6)c(C)c5)cc4C)ccc2n3-c2cc(-c3ccc(C(F)(F)F)cc3C#N)c(-n3c4ccc(-c5ccc(C)cc5C)cc4c4cc(-c5ccc(C)cc5C)ccc43)cc2C#N)c(C)c1. The predicted molar refractivity (Wildman–Crippen MR) is 557 cm³/mol. The summed E-state index contributed by atoms with van der Waals surface area (Å²) >= 11 is 0. The van der Waals surface area contributed by atoms with E-state index in [2.05, 4.69) is 336 Å². The Bertz CT molecular complexity index is 9180. The summed E-state index contributed by atoms with van der Waals surface area (Å²) in [6.45, 7) is 21.0. The summed E-state index contributed by atoms with van der Waals surface area (Å²) in [4.78, 5) is 0. The molecule has 0 saturated heterocycles. The van der Waals surface area contributed by atoms with Crippen LogP contribution >= 0.6 is 0 Å². The number of hydrogen-bond donors (Lipinski definition) is 0. The quantitative estimate of drug-likeness (QED) is 0.0951. The van der Waals surface area contributed by atoms with Gasteiger partial charge in [0, 0.05) is 65.3 Å². The van der Waals surface area contributed by atoms with Crippen molar-refractivity contribution in [3.63, 3.8) is 0 Å². The minimum absolute atomic E-state index is 0.175. The molecule has 4 heterocycles. The normalized spacial score (nSPS) is 11.9. The summed E-state index contributed by atoms with van der Waals surface area (Å²) in [5.41, 5.74) is 33.5. The maximum Gasteiger partial charge on any atom is 0.416 e. The van der Waals surface area contributed by atoms with Crippen LogP contribution < -0.4 is 0 Å². The Morgan fingerprint density at radius 3 is 0.786 bits per heavy atom. The van der Waals surface area contributed by atoms with Crippen LogP contribution in [0, 0.1) is 115 Å². The fourth-order valence-electron chi connectivity index (χ4n) is 21.9. The van der Waals surface area contributed by atoms with Crippen molar-refractivity contribution in [3.05, 3.63) is 428 Å². The zero-order valence-electron chi connectivity index (χ0n) is 78.4. The Morgan fingerprint density at radius 1 is 0.207 bits per heavy atom. The topological polar surface area (TPSA) is 115 Å². The molecule has 0 unspecified atom stereocenters. The first kappa shape index (κ1) is 88.0. The Morgan fingerprint density at radius 2 is 0.471 bits per heavy atom. The van der Waals surface area contributed by atoms with Gasteiger partial charge in [0.25, 0.3) is 0 Å². The predicted octanol–water partition coefficient (Wildman–Crippen LogP) is 33.8. The molecule has 8 nitrogen and oxygen atoms in total. The Hall–Kier alpha value is -17.3. The lowest BCUT2D eigenvalue weighted by molar-refractivity contribution is -0.138. The molecule has 0 atom stereocenters. The summed E-state index contributed by atoms with van der Waals surface area (Å²) in [6, 6.07) is 117. The second-order valence-electron chi connectivity index (χ2n) is 37.6. The molecule has 0 aliphatic rings. The van der Waals surface area contributed by atoms with Gasteiger partial charge in [-0.2, -0.15) is 47.4 Å². The largest absolute Gasteiger partial charge is 0.416 e. The average molecular weight is 1830 g/mol. The Kier molecular flexibility index (Phi) is 21.3. The molecule has 0 amide bonds. The van der Waals surface area contributed by atoms with E-state index in [0.29, 0.717) is 39.4 Å². The van der Waals surface area contributed by atoms with Crippen molar-refractivity contribution < 1.29 is 26.3 Å². The zero-order valence-corrected chi connectivity index (χ0v) is 78.4. The van der Waals surface area contributed by atoms with Gasteiger partial charge in [0.15, 0.2) is 0 Å². The molecular weight excluding hydrogens is 1740 g/mol. The molecule has 0 fully saturated rings. The molecular formula is C126H88F6N8. The third-order valence-corrected chi connectivity index (χ3v) is 28.5. The van der Waals surface area contributed by atoms with Crippen molar-refractivity contribution in [2.24, 2.45) is 0 Å². The Labute approximate surface area is 805 Å². The van der Waals surface area contributed by atoms with Crippen molar-refractivity contribution >= 4 is 87.2 Å². The van der Waals surface area contributed by atoms with E-state index in [1.54, 1.807) is 0 Å². The number of aryl methyl sites for hydroxylation is 12. The van der Waals surface area contributed by atoms with E-state index in [-0.39, 0.29) is 27.8 Å². The standard InChI is InChI=1S/C126H88F6N8/c1-71-19-35-95(75(5)49-71)83-29-45-115-107(57-83)108-60-86(30-46-116(108)137(115)119-65-111(101-43-33-93(125(127,128)129)55-89(101)67-133)123(63-91(119)69-135)138-117-47-31-84(96-36-20-72(2)50-76(96)6)58-109(117)110-59-85(32-48-118(110)138)97-37-21-73(3)51-77(97)7)99-39-25-81(53-79(99)9)23-24-82-26-40-100(80(10)54-82)88-28-41-105-103-15-11-13-17-113(103)139(121(105)61-88)120-66-112(102-44-34-94(126(130,131)132)56-90(102)68-134)124(64-92(120)70-136)140-114-18-14-12-16-104(114)106-42-27-87(62-122(106)140)98-38-22-74(4)52-78(98)8/h11-22,25-66H,23-24H2,1-10H3. The minimum atomic E-state index is -4.75. The molecule has 22 aromatic rings. The lowest BCUT2D eigenvalue weighted by Crippen LogP contribution is -2.07. The van der Waals surface area contributed by atoms with Gasteiger partial charge in [-0.05, 0) is 315 Å². The monoisotopic (exact) mass is 1830 g/mol. The first-order chi connectivity index (χ1) is 67.6. The molecule has 22 rings (SSSR count). The Balaban J connectivity index is 0.628. The number of alkyl halides is 6. The van der Waals surface area contributed by atoms with Crippen LogP contribution in [0.5, 0.6) is 0 Å². The molecule has 14 heteroatoms. The number of aromatic nitrogens is 4. The lowest BCUT2D eigenvalue weighted by Gasteiger charge is -2.20. The molecule has 18 aromatic carbocycles. The van der Waals surface area contributed by atoms with Gasteiger partial charge in [-0.3, -0.25) is 0 Å². The fourth-order valence-corrected chi connectivity index (χ4v) is 21.9. The van der Waals surface area contributed by atoms with Crippen molar-refractivity contribution in [2.75, 3.05) is 0 Å². The maximum atomic E-state index is 14.9. The van der Waals surface area contributed by atoms with Gasteiger partial charge in [-0.25, -0.2) is 0 Å². The van der Waals surface area contributed by atoms with Crippen molar-refractivity contribution in [3.8, 4) is 136 Å². The van der Waals surface area contributed by atoms with E-state index in [1.807, 2.05) is 66.7 Å². The molecule has 0 aliphatic heterocycles. The van der Waals surface area contributed by atoms with Crippen LogP contribution in [-0.2, 0) is 25.2 Å². The van der Waals surface area contributed by atoms with Crippen LogP contribution in [0.4, 0.5) is 26.3 Å². The molecule has 0 N–H and O–H groups in total. The highest BCUT2D eigenvalue weighted by molar-refractivity contribution is 6.16. The summed E-state index contributed by atoms with van der Waals surface area (Å²) < 4.78 is 97.2. The number of hydrogen-bond acceptors (Lipinski definition) is 4. The number of halogens is 6. The number of nitriles is 4. The van der Waals surface area contributed by atoms with Crippen molar-refractivity contribution in [1.29, 1.82) is 21.0 Å². The molecule has 4 aromatic heterocycles. The highest BCUT2D eigenvalue weighted by atomic mass is 19.4. The van der Waals surface area contributed by atoms with E-state index in [1.165, 1.54) is 12.1 Å². The molecule has 674 valence electrons. The van der Waals surface area contributed by atoms with Gasteiger partial charge in [0.2, 0.25) is 0 Å². The molecule has 140 heavy (non-hydrogen) atoms. The van der Waals surface area contributed by atoms with Crippen LogP contribution in [0.3, 0.4) is 0 Å². The second-order valence-corrected chi connectivity index (χ2v) is 37.6. The highest BCUT2D eigenvalue weighted by Crippen LogP contribution is 2.50. The van der Waals surface area contributed by atoms with E-state index < -0.39 is 23.5 Å². The minimum Gasteiger partial charge on any atom is -0.309 e. The van der Waals surface area contributed by atoms with E-state index in [4.69, 9.17) is 0 Å². The van der Waals surface area contributed by atoms with E-state index >= 15 is 0 Å². The van der Waals surface area contributed by atoms with Crippen LogP contribution in [0.15, 0.2) is 328 Å². The number of para-hydroxylation sites is 2. The number of benzene rings is 18. The smallest absolute Gasteiger partial charge is 0.309 e. The first-order valence-electron chi connectivity index (χ1n) is 46.7. The maximum absolute atomic E-state index is 14.9. The van der Waals surface area contributed by atoms with Gasteiger partial charge >= 0.3 is 12.4 Å². The number of rotatable bonds is 15. The zero-order chi connectivity index (χ0) is 96.9. The first-order valence-corrected chi connectivity index (χ1v) is 46.7.